The molecule has 1 aromatic carbocycles. The van der Waals surface area contributed by atoms with Crippen LogP contribution < -0.4 is 10.2 Å². The van der Waals surface area contributed by atoms with E-state index in [9.17, 15) is 8.78 Å². The van der Waals surface area contributed by atoms with Gasteiger partial charge in [0, 0.05) is 55.3 Å². The summed E-state index contributed by atoms with van der Waals surface area (Å²) in [5, 5.41) is 4.66. The Morgan fingerprint density at radius 1 is 1.07 bits per heavy atom. The number of rotatable bonds is 2. The van der Waals surface area contributed by atoms with Crippen molar-refractivity contribution in [2.75, 3.05) is 31.1 Å². The number of aryl methyl sites for hydroxylation is 1. The molecule has 0 bridgehead atoms. The number of piperazine rings is 1. The molecule has 1 saturated heterocycles. The molecular weight excluding hydrogens is 348 g/mol. The SMILES string of the molecule is CCn1cc2c3cc(F)ccc3nc-2c2cc(F)c(N3CCNCC3)nc21. The second-order valence-corrected chi connectivity index (χ2v) is 6.85. The van der Waals surface area contributed by atoms with Crippen LogP contribution in [0.4, 0.5) is 14.6 Å². The summed E-state index contributed by atoms with van der Waals surface area (Å²) in [6, 6.07) is 6.06. The molecule has 3 aliphatic rings. The first kappa shape index (κ1) is 16.4. The largest absolute Gasteiger partial charge is 0.352 e. The molecule has 0 radical (unpaired) electrons. The van der Waals surface area contributed by atoms with Crippen LogP contribution >= 0.6 is 0 Å². The maximum atomic E-state index is 15.0. The Hall–Kier alpha value is -2.80. The number of hydrogen-bond acceptors (Lipinski definition) is 4. The average molecular weight is 367 g/mol. The molecule has 1 aromatic heterocycles. The quantitative estimate of drug-likeness (QED) is 0.590. The first-order chi connectivity index (χ1) is 13.2. The minimum absolute atomic E-state index is 0.307. The van der Waals surface area contributed by atoms with Crippen LogP contribution in [0.2, 0.25) is 0 Å². The number of pyridine rings is 2. The fourth-order valence-corrected chi connectivity index (χ4v) is 3.89. The van der Waals surface area contributed by atoms with Crippen molar-refractivity contribution in [3.63, 3.8) is 0 Å². The molecule has 0 unspecified atom stereocenters. The molecule has 0 aliphatic carbocycles. The highest BCUT2D eigenvalue weighted by Gasteiger charge is 2.23. The molecule has 4 heterocycles. The summed E-state index contributed by atoms with van der Waals surface area (Å²) >= 11 is 0. The summed E-state index contributed by atoms with van der Waals surface area (Å²) < 4.78 is 30.7. The van der Waals surface area contributed by atoms with Crippen LogP contribution in [0, 0.1) is 11.6 Å². The lowest BCUT2D eigenvalue weighted by Crippen LogP contribution is -2.44. The van der Waals surface area contributed by atoms with Crippen molar-refractivity contribution in [3.05, 3.63) is 42.1 Å². The highest BCUT2D eigenvalue weighted by atomic mass is 19.1. The van der Waals surface area contributed by atoms with E-state index in [0.29, 0.717) is 34.6 Å². The van der Waals surface area contributed by atoms with Crippen molar-refractivity contribution in [2.45, 2.75) is 13.5 Å². The Morgan fingerprint density at radius 2 is 1.89 bits per heavy atom. The van der Waals surface area contributed by atoms with Gasteiger partial charge in [-0.1, -0.05) is 0 Å². The molecule has 2 aromatic rings. The first-order valence-corrected chi connectivity index (χ1v) is 9.19. The number of anilines is 1. The summed E-state index contributed by atoms with van der Waals surface area (Å²) in [6.07, 6.45) is 1.94. The summed E-state index contributed by atoms with van der Waals surface area (Å²) in [7, 11) is 0. The zero-order valence-corrected chi connectivity index (χ0v) is 15.0. The van der Waals surface area contributed by atoms with Crippen LogP contribution in [0.5, 0.6) is 0 Å². The molecule has 7 heteroatoms. The number of aromatic nitrogens is 3. The zero-order chi connectivity index (χ0) is 18.5. The fraction of sp³-hybridized carbons (Fsp3) is 0.300. The van der Waals surface area contributed by atoms with Gasteiger partial charge in [-0.15, -0.1) is 0 Å². The summed E-state index contributed by atoms with van der Waals surface area (Å²) in [5.74, 6) is -0.274. The van der Waals surface area contributed by atoms with E-state index in [-0.39, 0.29) is 11.6 Å². The van der Waals surface area contributed by atoms with E-state index in [0.717, 1.165) is 37.1 Å². The van der Waals surface area contributed by atoms with E-state index in [1.807, 2.05) is 22.6 Å². The van der Waals surface area contributed by atoms with Crippen molar-refractivity contribution in [1.82, 2.24) is 19.9 Å². The second kappa shape index (κ2) is 6.13. The predicted molar refractivity (Wildman–Crippen MR) is 102 cm³/mol. The molecule has 1 fully saturated rings. The van der Waals surface area contributed by atoms with Crippen molar-refractivity contribution in [1.29, 1.82) is 0 Å². The third-order valence-corrected chi connectivity index (χ3v) is 5.24. The van der Waals surface area contributed by atoms with Gasteiger partial charge >= 0.3 is 0 Å². The molecule has 5 rings (SSSR count). The van der Waals surface area contributed by atoms with E-state index in [1.54, 1.807) is 6.07 Å². The number of hydrogen-bond donors (Lipinski definition) is 1. The molecule has 138 valence electrons. The van der Waals surface area contributed by atoms with Gasteiger partial charge in [-0.2, -0.15) is 0 Å². The Bertz CT molecular complexity index is 1130. The van der Waals surface area contributed by atoms with Gasteiger partial charge in [0.05, 0.1) is 11.2 Å². The van der Waals surface area contributed by atoms with Crippen LogP contribution in [0.1, 0.15) is 6.92 Å². The molecular formula is C20H19F2N5. The third-order valence-electron chi connectivity index (χ3n) is 5.24. The van der Waals surface area contributed by atoms with Gasteiger partial charge in [-0.25, -0.2) is 18.7 Å². The van der Waals surface area contributed by atoms with Crippen molar-refractivity contribution < 1.29 is 8.78 Å². The highest BCUT2D eigenvalue weighted by molar-refractivity contribution is 6.05. The van der Waals surface area contributed by atoms with Crippen LogP contribution in [0.25, 0.3) is 33.2 Å². The van der Waals surface area contributed by atoms with Gasteiger partial charge in [0.15, 0.2) is 11.6 Å². The van der Waals surface area contributed by atoms with Crippen LogP contribution in [-0.4, -0.2) is 40.7 Å². The molecule has 0 atom stereocenters. The summed E-state index contributed by atoms with van der Waals surface area (Å²) in [4.78, 5) is 11.3. The second-order valence-electron chi connectivity index (χ2n) is 6.85. The van der Waals surface area contributed by atoms with E-state index in [4.69, 9.17) is 0 Å². The fourth-order valence-electron chi connectivity index (χ4n) is 3.89. The van der Waals surface area contributed by atoms with Gasteiger partial charge in [0.2, 0.25) is 0 Å². The van der Waals surface area contributed by atoms with E-state index in [1.165, 1.54) is 18.2 Å². The van der Waals surface area contributed by atoms with Crippen LogP contribution in [0.3, 0.4) is 0 Å². The smallest absolute Gasteiger partial charge is 0.167 e. The Kier molecular flexibility index (Phi) is 3.72. The molecule has 5 nitrogen and oxygen atoms in total. The third kappa shape index (κ3) is 2.53. The minimum Gasteiger partial charge on any atom is -0.352 e. The maximum absolute atomic E-state index is 15.0. The molecule has 0 spiro atoms. The topological polar surface area (TPSA) is 46.0 Å². The average Bonchev–Trinajstić information content (AvgIpc) is 3.05. The number of fused-ring (bicyclic) bond motifs is 5. The predicted octanol–water partition coefficient (Wildman–Crippen LogP) is 3.40. The zero-order valence-electron chi connectivity index (χ0n) is 15.0. The van der Waals surface area contributed by atoms with Crippen LogP contribution in [-0.2, 0) is 6.54 Å². The van der Waals surface area contributed by atoms with Crippen molar-refractivity contribution >= 4 is 27.8 Å². The maximum Gasteiger partial charge on any atom is 0.167 e. The molecule has 1 N–H and O–H groups in total. The minimum atomic E-state index is -0.349. The molecule has 0 amide bonds. The number of nitrogens with one attached hydrogen (secondary N) is 1. The molecule has 27 heavy (non-hydrogen) atoms. The van der Waals surface area contributed by atoms with Gasteiger partial charge in [-0.05, 0) is 31.2 Å². The lowest BCUT2D eigenvalue weighted by Gasteiger charge is -2.29. The monoisotopic (exact) mass is 367 g/mol. The summed E-state index contributed by atoms with van der Waals surface area (Å²) in [6.45, 7) is 5.76. The number of benzene rings is 1. The Balaban J connectivity index is 1.81. The highest BCUT2D eigenvalue weighted by Crippen LogP contribution is 2.37. The molecule has 3 aliphatic heterocycles. The number of nitrogens with zero attached hydrogens (tertiary/aromatic N) is 4. The van der Waals surface area contributed by atoms with Crippen LogP contribution in [0.15, 0.2) is 30.5 Å². The Morgan fingerprint density at radius 3 is 2.67 bits per heavy atom. The van der Waals surface area contributed by atoms with E-state index < -0.39 is 0 Å². The van der Waals surface area contributed by atoms with Gasteiger partial charge < -0.3 is 14.8 Å². The van der Waals surface area contributed by atoms with Gasteiger partial charge in [-0.3, -0.25) is 0 Å². The van der Waals surface area contributed by atoms with E-state index >= 15 is 0 Å². The number of halogens is 2. The van der Waals surface area contributed by atoms with E-state index in [2.05, 4.69) is 15.3 Å². The Labute approximate surface area is 155 Å². The molecule has 0 saturated carbocycles. The van der Waals surface area contributed by atoms with Gasteiger partial charge in [0.25, 0.3) is 0 Å². The van der Waals surface area contributed by atoms with Crippen molar-refractivity contribution in [2.24, 2.45) is 0 Å². The lowest BCUT2D eigenvalue weighted by atomic mass is 10.1. The normalized spacial score (nSPS) is 15.3. The first-order valence-electron chi connectivity index (χ1n) is 9.19. The lowest BCUT2D eigenvalue weighted by molar-refractivity contribution is 0.559. The van der Waals surface area contributed by atoms with Gasteiger partial charge in [0.1, 0.15) is 11.5 Å². The van der Waals surface area contributed by atoms with Crippen molar-refractivity contribution in [3.8, 4) is 11.3 Å². The standard InChI is InChI=1S/C20H19F2N5/c1-2-26-11-15-13-9-12(21)3-4-17(13)24-18(15)14-10-16(22)20(25-19(14)26)27-7-5-23-6-8-27/h3-4,9-11,23H,2,5-8H2,1H3. The summed E-state index contributed by atoms with van der Waals surface area (Å²) in [5.41, 5.74) is 2.87.